The number of aromatic amines is 1. The Kier molecular flexibility index (Phi) is 3.08. The Bertz CT molecular complexity index is 643. The number of nitrogens with zero attached hydrogens (tertiary/aromatic N) is 4. The number of rotatable bonds is 5. The van der Waals surface area contributed by atoms with Crippen molar-refractivity contribution >= 4 is 11.0 Å². The topological polar surface area (TPSA) is 87.0 Å². The van der Waals surface area contributed by atoms with E-state index in [1.165, 1.54) is 6.20 Å². The Balaban J connectivity index is 1.91. The summed E-state index contributed by atoms with van der Waals surface area (Å²) < 4.78 is 1.60. The molecule has 0 atom stereocenters. The van der Waals surface area contributed by atoms with E-state index in [0.717, 1.165) is 12.8 Å². The minimum atomic E-state index is -0.159. The molecule has 1 aliphatic carbocycles. The monoisotopic (exact) mass is 263 g/mol. The first kappa shape index (κ1) is 12.3. The molecule has 0 bridgehead atoms. The molecular formula is C12H17N5O2. The molecule has 1 aliphatic rings. The summed E-state index contributed by atoms with van der Waals surface area (Å²) in [5.41, 5.74) is 0.436. The van der Waals surface area contributed by atoms with Crippen LogP contribution in [0, 0.1) is 0 Å². The largest absolute Gasteiger partial charge is 0.395 e. The Morgan fingerprint density at radius 3 is 3.05 bits per heavy atom. The molecule has 7 nitrogen and oxygen atoms in total. The van der Waals surface area contributed by atoms with Gasteiger partial charge in [0.2, 0.25) is 0 Å². The molecule has 0 spiro atoms. The van der Waals surface area contributed by atoms with Gasteiger partial charge >= 0.3 is 0 Å². The van der Waals surface area contributed by atoms with E-state index in [4.69, 9.17) is 5.11 Å². The second-order valence-corrected chi connectivity index (χ2v) is 4.94. The summed E-state index contributed by atoms with van der Waals surface area (Å²) in [6, 6.07) is 0.514. The van der Waals surface area contributed by atoms with Gasteiger partial charge in [-0.15, -0.1) is 0 Å². The second-order valence-electron chi connectivity index (χ2n) is 4.94. The minimum absolute atomic E-state index is 0.120. The van der Waals surface area contributed by atoms with Gasteiger partial charge in [0.25, 0.3) is 5.56 Å². The number of fused-ring (bicyclic) bond motifs is 1. The van der Waals surface area contributed by atoms with Crippen LogP contribution in [0.15, 0.2) is 11.0 Å². The van der Waals surface area contributed by atoms with Crippen LogP contribution in [0.5, 0.6) is 0 Å². The lowest BCUT2D eigenvalue weighted by molar-refractivity contribution is 0.180. The molecule has 1 fully saturated rings. The molecule has 102 valence electrons. The van der Waals surface area contributed by atoms with Crippen molar-refractivity contribution in [1.82, 2.24) is 24.6 Å². The Hall–Kier alpha value is -1.73. The van der Waals surface area contributed by atoms with Crippen molar-refractivity contribution in [3.63, 3.8) is 0 Å². The number of hydrogen-bond donors (Lipinski definition) is 2. The molecule has 0 aromatic carbocycles. The summed E-state index contributed by atoms with van der Waals surface area (Å²) in [5, 5.41) is 13.6. The second kappa shape index (κ2) is 4.75. The van der Waals surface area contributed by atoms with Gasteiger partial charge < -0.3 is 10.1 Å². The zero-order valence-corrected chi connectivity index (χ0v) is 10.8. The van der Waals surface area contributed by atoms with Crippen LogP contribution in [0.1, 0.15) is 18.7 Å². The smallest absolute Gasteiger partial charge is 0.262 e. The van der Waals surface area contributed by atoms with Gasteiger partial charge in [-0.25, -0.2) is 4.98 Å². The Labute approximate surface area is 109 Å². The standard InChI is InChI=1S/C12H17N5O2/c1-16-11-9(6-13-16)12(19)15-10(14-11)7-17(4-5-18)8-2-3-8/h6,8,18H,2-5,7H2,1H3,(H,14,15,19). The maximum atomic E-state index is 11.9. The summed E-state index contributed by atoms with van der Waals surface area (Å²) in [7, 11) is 1.77. The molecule has 0 radical (unpaired) electrons. The van der Waals surface area contributed by atoms with Gasteiger partial charge in [-0.1, -0.05) is 0 Å². The van der Waals surface area contributed by atoms with Crippen molar-refractivity contribution in [2.24, 2.45) is 7.05 Å². The van der Waals surface area contributed by atoms with Crippen LogP contribution < -0.4 is 5.56 Å². The van der Waals surface area contributed by atoms with Crippen LogP contribution in [0.25, 0.3) is 11.0 Å². The number of aromatic nitrogens is 4. The third-order valence-electron chi connectivity index (χ3n) is 3.45. The highest BCUT2D eigenvalue weighted by molar-refractivity contribution is 5.72. The van der Waals surface area contributed by atoms with Crippen LogP contribution in [0.2, 0.25) is 0 Å². The van der Waals surface area contributed by atoms with E-state index < -0.39 is 0 Å². The molecule has 2 aromatic rings. The third kappa shape index (κ3) is 2.39. The summed E-state index contributed by atoms with van der Waals surface area (Å²) in [5.74, 6) is 0.626. The van der Waals surface area contributed by atoms with E-state index in [9.17, 15) is 4.79 Å². The normalized spacial score (nSPS) is 15.5. The number of aliphatic hydroxyl groups is 1. The maximum Gasteiger partial charge on any atom is 0.262 e. The predicted octanol–water partition coefficient (Wildman–Crippen LogP) is -0.387. The fourth-order valence-electron chi connectivity index (χ4n) is 2.30. The fraction of sp³-hybridized carbons (Fsp3) is 0.583. The van der Waals surface area contributed by atoms with E-state index in [1.54, 1.807) is 11.7 Å². The number of nitrogens with one attached hydrogen (secondary N) is 1. The van der Waals surface area contributed by atoms with Gasteiger partial charge in [-0.3, -0.25) is 14.4 Å². The summed E-state index contributed by atoms with van der Waals surface area (Å²) >= 11 is 0. The van der Waals surface area contributed by atoms with Gasteiger partial charge in [0, 0.05) is 19.6 Å². The summed E-state index contributed by atoms with van der Waals surface area (Å²) in [6.45, 7) is 1.29. The molecule has 3 rings (SSSR count). The number of aliphatic hydroxyl groups excluding tert-OH is 1. The fourth-order valence-corrected chi connectivity index (χ4v) is 2.30. The zero-order chi connectivity index (χ0) is 13.4. The van der Waals surface area contributed by atoms with Gasteiger partial charge in [0.1, 0.15) is 11.2 Å². The molecule has 0 unspecified atom stereocenters. The molecule has 0 saturated heterocycles. The van der Waals surface area contributed by atoms with Crippen molar-refractivity contribution < 1.29 is 5.11 Å². The zero-order valence-electron chi connectivity index (χ0n) is 10.8. The van der Waals surface area contributed by atoms with Crippen molar-refractivity contribution in [2.45, 2.75) is 25.4 Å². The lowest BCUT2D eigenvalue weighted by atomic mass is 10.4. The van der Waals surface area contributed by atoms with E-state index in [-0.39, 0.29) is 12.2 Å². The van der Waals surface area contributed by atoms with Crippen molar-refractivity contribution in [3.05, 3.63) is 22.4 Å². The Morgan fingerprint density at radius 2 is 2.37 bits per heavy atom. The highest BCUT2D eigenvalue weighted by atomic mass is 16.3. The SMILES string of the molecule is Cn1ncc2c(=O)[nH]c(CN(CCO)C3CC3)nc21. The molecule has 1 saturated carbocycles. The first-order valence-electron chi connectivity index (χ1n) is 6.45. The number of aryl methyl sites for hydroxylation is 1. The third-order valence-corrected chi connectivity index (χ3v) is 3.45. The van der Waals surface area contributed by atoms with Crippen LogP contribution in [-0.2, 0) is 13.6 Å². The molecule has 2 heterocycles. The van der Waals surface area contributed by atoms with Crippen molar-refractivity contribution in [2.75, 3.05) is 13.2 Å². The van der Waals surface area contributed by atoms with Crippen molar-refractivity contribution in [3.8, 4) is 0 Å². The minimum Gasteiger partial charge on any atom is -0.395 e. The van der Waals surface area contributed by atoms with E-state index in [0.29, 0.717) is 36.0 Å². The average Bonchev–Trinajstić information content (AvgIpc) is 3.15. The molecule has 0 aliphatic heterocycles. The maximum absolute atomic E-state index is 11.9. The molecule has 2 aromatic heterocycles. The van der Waals surface area contributed by atoms with E-state index in [2.05, 4.69) is 20.0 Å². The highest BCUT2D eigenvalue weighted by Crippen LogP contribution is 2.27. The van der Waals surface area contributed by atoms with Gasteiger partial charge in [0.05, 0.1) is 19.3 Å². The van der Waals surface area contributed by atoms with Crippen LogP contribution in [0.3, 0.4) is 0 Å². The molecule has 7 heteroatoms. The van der Waals surface area contributed by atoms with E-state index >= 15 is 0 Å². The van der Waals surface area contributed by atoms with Crippen LogP contribution in [-0.4, -0.2) is 48.9 Å². The Morgan fingerprint density at radius 1 is 1.58 bits per heavy atom. The lowest BCUT2D eigenvalue weighted by Gasteiger charge is -2.19. The van der Waals surface area contributed by atoms with Gasteiger partial charge in [-0.2, -0.15) is 5.10 Å². The van der Waals surface area contributed by atoms with E-state index in [1.807, 2.05) is 0 Å². The number of hydrogen-bond acceptors (Lipinski definition) is 5. The quantitative estimate of drug-likeness (QED) is 0.767. The predicted molar refractivity (Wildman–Crippen MR) is 69.6 cm³/mol. The first-order chi connectivity index (χ1) is 9.19. The van der Waals surface area contributed by atoms with Crippen LogP contribution >= 0.6 is 0 Å². The summed E-state index contributed by atoms with van der Waals surface area (Å²) in [4.78, 5) is 21.3. The molecule has 19 heavy (non-hydrogen) atoms. The average molecular weight is 263 g/mol. The summed E-state index contributed by atoms with van der Waals surface area (Å²) in [6.07, 6.45) is 3.83. The molecule has 2 N–H and O–H groups in total. The van der Waals surface area contributed by atoms with Crippen LogP contribution in [0.4, 0.5) is 0 Å². The first-order valence-corrected chi connectivity index (χ1v) is 6.45. The number of H-pyrrole nitrogens is 1. The molecule has 0 amide bonds. The van der Waals surface area contributed by atoms with Crippen molar-refractivity contribution in [1.29, 1.82) is 0 Å². The highest BCUT2D eigenvalue weighted by Gasteiger charge is 2.29. The van der Waals surface area contributed by atoms with Gasteiger partial charge in [0.15, 0.2) is 5.65 Å². The van der Waals surface area contributed by atoms with Gasteiger partial charge in [-0.05, 0) is 12.8 Å². The lowest BCUT2D eigenvalue weighted by Crippen LogP contribution is -2.30. The molecular weight excluding hydrogens is 246 g/mol.